The van der Waals surface area contributed by atoms with Gasteiger partial charge in [0.2, 0.25) is 0 Å². The molecule has 1 atom stereocenters. The smallest absolute Gasteiger partial charge is 0.118 e. The Morgan fingerprint density at radius 2 is 1.93 bits per heavy atom. The SMILES string of the molecule is C=S(C)(=O)c1ccc(C(C)(C)C)cn1. The van der Waals surface area contributed by atoms with Gasteiger partial charge in [0, 0.05) is 22.0 Å². The Hall–Kier alpha value is -0.830. The van der Waals surface area contributed by atoms with Crippen molar-refractivity contribution in [3.8, 4) is 0 Å². The molecule has 1 rings (SSSR count). The lowest BCUT2D eigenvalue weighted by molar-refractivity contribution is 0.585. The Kier molecular flexibility index (Phi) is 2.72. The second-order valence-corrected chi connectivity index (χ2v) is 7.07. The van der Waals surface area contributed by atoms with Crippen molar-refractivity contribution in [2.24, 2.45) is 0 Å². The van der Waals surface area contributed by atoms with Crippen LogP contribution in [-0.4, -0.2) is 21.3 Å². The molecule has 0 fully saturated rings. The lowest BCUT2D eigenvalue weighted by Gasteiger charge is -2.18. The molecule has 1 unspecified atom stereocenters. The van der Waals surface area contributed by atoms with E-state index in [4.69, 9.17) is 0 Å². The summed E-state index contributed by atoms with van der Waals surface area (Å²) in [6.45, 7) is 6.37. The van der Waals surface area contributed by atoms with Gasteiger partial charge in [-0.2, -0.15) is 0 Å². The van der Waals surface area contributed by atoms with E-state index in [-0.39, 0.29) is 5.41 Å². The van der Waals surface area contributed by atoms with Crippen molar-refractivity contribution in [3.05, 3.63) is 23.9 Å². The maximum Gasteiger partial charge on any atom is 0.118 e. The van der Waals surface area contributed by atoms with E-state index in [9.17, 15) is 4.21 Å². The molecule has 0 saturated heterocycles. The minimum Gasteiger partial charge on any atom is -0.262 e. The summed E-state index contributed by atoms with van der Waals surface area (Å²) < 4.78 is 11.6. The number of hydrogen-bond donors (Lipinski definition) is 0. The number of rotatable bonds is 1. The highest BCUT2D eigenvalue weighted by atomic mass is 32.2. The number of nitrogens with zero attached hydrogens (tertiary/aromatic N) is 1. The first-order valence-electron chi connectivity index (χ1n) is 4.50. The first-order valence-corrected chi connectivity index (χ1v) is 6.63. The highest BCUT2D eigenvalue weighted by molar-refractivity contribution is 7.99. The zero-order valence-electron chi connectivity index (χ0n) is 9.20. The fraction of sp³-hybridized carbons (Fsp3) is 0.455. The first-order chi connectivity index (χ1) is 6.21. The highest BCUT2D eigenvalue weighted by Crippen LogP contribution is 2.21. The van der Waals surface area contributed by atoms with Crippen LogP contribution in [0, 0.1) is 0 Å². The second kappa shape index (κ2) is 3.39. The molecule has 3 heteroatoms. The van der Waals surface area contributed by atoms with Gasteiger partial charge in [-0.1, -0.05) is 26.8 Å². The molecule has 0 aromatic carbocycles. The van der Waals surface area contributed by atoms with Crippen LogP contribution in [0.25, 0.3) is 0 Å². The van der Waals surface area contributed by atoms with Gasteiger partial charge in [0.25, 0.3) is 0 Å². The van der Waals surface area contributed by atoms with Crippen LogP contribution in [0.3, 0.4) is 0 Å². The maximum atomic E-state index is 11.6. The van der Waals surface area contributed by atoms with E-state index in [1.807, 2.05) is 6.07 Å². The Morgan fingerprint density at radius 1 is 1.36 bits per heavy atom. The largest absolute Gasteiger partial charge is 0.262 e. The molecule has 0 saturated carbocycles. The number of hydrogen-bond acceptors (Lipinski definition) is 2. The fourth-order valence-electron chi connectivity index (χ4n) is 1.08. The Bertz CT molecular complexity index is 410. The van der Waals surface area contributed by atoms with Crippen LogP contribution in [0.1, 0.15) is 26.3 Å². The Labute approximate surface area is 86.4 Å². The molecule has 14 heavy (non-hydrogen) atoms. The Morgan fingerprint density at radius 3 is 2.21 bits per heavy atom. The quantitative estimate of drug-likeness (QED) is 0.666. The maximum absolute atomic E-state index is 11.6. The monoisotopic (exact) mass is 211 g/mol. The van der Waals surface area contributed by atoms with Crippen molar-refractivity contribution in [2.75, 3.05) is 6.26 Å². The summed E-state index contributed by atoms with van der Waals surface area (Å²) in [6, 6.07) is 3.77. The van der Waals surface area contributed by atoms with Gasteiger partial charge in [0.05, 0.1) is 0 Å². The van der Waals surface area contributed by atoms with Crippen molar-refractivity contribution in [1.29, 1.82) is 0 Å². The molecule has 0 aliphatic rings. The van der Waals surface area contributed by atoms with Crippen LogP contribution >= 0.6 is 0 Å². The van der Waals surface area contributed by atoms with Crippen LogP contribution in [0.4, 0.5) is 0 Å². The van der Waals surface area contributed by atoms with E-state index < -0.39 is 9.52 Å². The van der Waals surface area contributed by atoms with Gasteiger partial charge in [-0.05, 0) is 22.9 Å². The molecule has 0 aliphatic carbocycles. The first kappa shape index (κ1) is 11.2. The van der Waals surface area contributed by atoms with Gasteiger partial charge in [0.15, 0.2) is 0 Å². The summed E-state index contributed by atoms with van der Waals surface area (Å²) in [5, 5.41) is 0.575. The summed E-state index contributed by atoms with van der Waals surface area (Å²) in [6.07, 6.45) is 3.38. The molecular weight excluding hydrogens is 194 g/mol. The van der Waals surface area contributed by atoms with E-state index in [1.54, 1.807) is 18.5 Å². The molecule has 1 aromatic rings. The molecule has 0 aliphatic heterocycles. The van der Waals surface area contributed by atoms with Crippen molar-refractivity contribution < 1.29 is 4.21 Å². The standard InChI is InChI=1S/C11H17NOS/c1-11(2,3)9-6-7-10(12-8-9)14(4,5)13/h6-8H,4H2,1-3,5H3. The molecule has 0 spiro atoms. The summed E-state index contributed by atoms with van der Waals surface area (Å²) >= 11 is 0. The van der Waals surface area contributed by atoms with Gasteiger partial charge in [0.1, 0.15) is 5.03 Å². The third-order valence-corrected chi connectivity index (χ3v) is 3.17. The van der Waals surface area contributed by atoms with Gasteiger partial charge in [-0.15, -0.1) is 0 Å². The van der Waals surface area contributed by atoms with Crippen LogP contribution in [-0.2, 0) is 14.9 Å². The van der Waals surface area contributed by atoms with Crippen LogP contribution < -0.4 is 0 Å². The second-order valence-electron chi connectivity index (χ2n) is 4.64. The average molecular weight is 211 g/mol. The van der Waals surface area contributed by atoms with Crippen molar-refractivity contribution in [3.63, 3.8) is 0 Å². The fourth-order valence-corrected chi connectivity index (χ4v) is 1.71. The van der Waals surface area contributed by atoms with Gasteiger partial charge < -0.3 is 0 Å². The van der Waals surface area contributed by atoms with Crippen molar-refractivity contribution in [2.45, 2.75) is 31.2 Å². The topological polar surface area (TPSA) is 30.0 Å². The summed E-state index contributed by atoms with van der Waals surface area (Å²) in [5.74, 6) is 3.60. The summed E-state index contributed by atoms with van der Waals surface area (Å²) in [5.41, 5.74) is 1.23. The third-order valence-electron chi connectivity index (χ3n) is 2.04. The predicted octanol–water partition coefficient (Wildman–Crippen LogP) is 2.08. The predicted molar refractivity (Wildman–Crippen MR) is 62.4 cm³/mol. The molecule has 78 valence electrons. The molecule has 2 nitrogen and oxygen atoms in total. The minimum absolute atomic E-state index is 0.0846. The number of pyridine rings is 1. The summed E-state index contributed by atoms with van der Waals surface area (Å²) in [4.78, 5) is 4.18. The van der Waals surface area contributed by atoms with Crippen molar-refractivity contribution >= 4 is 15.4 Å². The molecule has 0 N–H and O–H groups in total. The molecule has 1 aromatic heterocycles. The lowest BCUT2D eigenvalue weighted by atomic mass is 9.88. The van der Waals surface area contributed by atoms with Gasteiger partial charge in [-0.3, -0.25) is 4.21 Å². The highest BCUT2D eigenvalue weighted by Gasteiger charge is 2.14. The van der Waals surface area contributed by atoms with Crippen molar-refractivity contribution in [1.82, 2.24) is 4.98 Å². The normalized spacial score (nSPS) is 16.3. The number of aromatic nitrogens is 1. The Balaban J connectivity index is 3.14. The third kappa shape index (κ3) is 2.58. The zero-order valence-corrected chi connectivity index (χ0v) is 10.0. The van der Waals surface area contributed by atoms with E-state index in [1.165, 1.54) is 0 Å². The van der Waals surface area contributed by atoms with Gasteiger partial charge >= 0.3 is 0 Å². The van der Waals surface area contributed by atoms with E-state index in [0.717, 1.165) is 5.56 Å². The molecular formula is C11H17NOS. The van der Waals surface area contributed by atoms with E-state index in [2.05, 4.69) is 31.6 Å². The summed E-state index contributed by atoms with van der Waals surface area (Å²) in [7, 11) is -2.18. The zero-order chi connectivity index (χ0) is 11.0. The van der Waals surface area contributed by atoms with Crippen LogP contribution in [0.2, 0.25) is 0 Å². The van der Waals surface area contributed by atoms with Crippen LogP contribution in [0.15, 0.2) is 23.4 Å². The minimum atomic E-state index is -2.18. The van der Waals surface area contributed by atoms with E-state index >= 15 is 0 Å². The molecule has 1 heterocycles. The van der Waals surface area contributed by atoms with E-state index in [0.29, 0.717) is 5.03 Å². The van der Waals surface area contributed by atoms with Gasteiger partial charge in [-0.25, -0.2) is 4.98 Å². The molecule has 0 bridgehead atoms. The molecule has 0 radical (unpaired) electrons. The molecule has 0 amide bonds. The lowest BCUT2D eigenvalue weighted by Crippen LogP contribution is -2.12. The van der Waals surface area contributed by atoms with Crippen LogP contribution in [0.5, 0.6) is 0 Å². The average Bonchev–Trinajstić information content (AvgIpc) is 2.01.